The lowest BCUT2D eigenvalue weighted by Gasteiger charge is -2.69. The lowest BCUT2D eigenvalue weighted by atomic mass is 9.36. The van der Waals surface area contributed by atoms with E-state index in [9.17, 15) is 25.2 Å². The van der Waals surface area contributed by atoms with Gasteiger partial charge in [0.15, 0.2) is 0 Å². The number of hydrogen-bond donors (Lipinski definition) is 4. The first-order valence-electron chi connectivity index (χ1n) is 13.4. The summed E-state index contributed by atoms with van der Waals surface area (Å²) in [5.74, 6) is -0.375. The number of hydrogen-bond acceptors (Lipinski definition) is 4. The van der Waals surface area contributed by atoms with E-state index in [1.165, 1.54) is 0 Å². The van der Waals surface area contributed by atoms with Gasteiger partial charge < -0.3 is 20.4 Å². The van der Waals surface area contributed by atoms with E-state index in [2.05, 4.69) is 33.8 Å². The molecule has 4 aliphatic rings. The van der Waals surface area contributed by atoms with Crippen LogP contribution in [0.25, 0.3) is 0 Å². The van der Waals surface area contributed by atoms with Gasteiger partial charge >= 0.3 is 5.97 Å². The van der Waals surface area contributed by atoms with Crippen molar-refractivity contribution in [1.82, 2.24) is 0 Å². The minimum atomic E-state index is -0.937. The van der Waals surface area contributed by atoms with E-state index >= 15 is 0 Å². The van der Waals surface area contributed by atoms with Crippen molar-refractivity contribution in [2.75, 3.05) is 0 Å². The first kappa shape index (κ1) is 25.9. The summed E-state index contributed by atoms with van der Waals surface area (Å²) in [6.45, 7) is 13.1. The molecule has 4 saturated carbocycles. The summed E-state index contributed by atoms with van der Waals surface area (Å²) >= 11 is 0. The highest BCUT2D eigenvalue weighted by atomic mass is 16.4. The summed E-state index contributed by atoms with van der Waals surface area (Å²) in [6.07, 6.45) is 6.25. The van der Waals surface area contributed by atoms with Gasteiger partial charge in [0, 0.05) is 5.57 Å². The number of allylic oxidation sites excluding steroid dienone is 2. The first-order valence-corrected chi connectivity index (χ1v) is 13.4. The largest absolute Gasteiger partial charge is 0.478 e. The molecule has 5 heteroatoms. The second-order valence-corrected chi connectivity index (χ2v) is 13.1. The molecule has 4 fully saturated rings. The molecule has 4 N–H and O–H groups in total. The van der Waals surface area contributed by atoms with E-state index in [-0.39, 0.29) is 40.1 Å². The summed E-state index contributed by atoms with van der Waals surface area (Å²) < 4.78 is 0. The number of rotatable bonds is 4. The highest BCUT2D eigenvalue weighted by Gasteiger charge is 2.70. The van der Waals surface area contributed by atoms with E-state index in [0.717, 1.165) is 31.3 Å². The number of carbonyl (C=O) groups is 1. The molecular formula is C29H46O5. The Balaban J connectivity index is 1.76. The minimum Gasteiger partial charge on any atom is -0.478 e. The predicted octanol–water partition coefficient (Wildman–Crippen LogP) is 5.10. The zero-order valence-corrected chi connectivity index (χ0v) is 22.0. The third kappa shape index (κ3) is 3.64. The van der Waals surface area contributed by atoms with Crippen molar-refractivity contribution >= 4 is 5.97 Å². The highest BCUT2D eigenvalue weighted by molar-refractivity contribution is 5.88. The molecule has 0 radical (unpaired) electrons. The van der Waals surface area contributed by atoms with Crippen LogP contribution in [0.2, 0.25) is 0 Å². The third-order valence-electron chi connectivity index (χ3n) is 11.3. The Morgan fingerprint density at radius 1 is 1.03 bits per heavy atom. The van der Waals surface area contributed by atoms with Gasteiger partial charge in [0.1, 0.15) is 0 Å². The fourth-order valence-electron chi connectivity index (χ4n) is 9.51. The second-order valence-electron chi connectivity index (χ2n) is 13.1. The van der Waals surface area contributed by atoms with Crippen LogP contribution in [0.15, 0.2) is 22.8 Å². The number of aliphatic hydroxyl groups is 3. The Bertz CT molecular complexity index is 887. The minimum absolute atomic E-state index is 0.0600. The van der Waals surface area contributed by atoms with Crippen LogP contribution in [0.5, 0.6) is 0 Å². The van der Waals surface area contributed by atoms with Crippen LogP contribution in [0, 0.1) is 39.9 Å². The average Bonchev–Trinajstić information content (AvgIpc) is 2.99. The molecule has 0 aliphatic heterocycles. The molecule has 0 aromatic carbocycles. The van der Waals surface area contributed by atoms with Crippen LogP contribution in [0.1, 0.15) is 92.9 Å². The van der Waals surface area contributed by atoms with Gasteiger partial charge in [-0.15, -0.1) is 0 Å². The Labute approximate surface area is 205 Å². The van der Waals surface area contributed by atoms with Crippen molar-refractivity contribution in [2.24, 2.45) is 39.9 Å². The number of fused-ring (bicyclic) bond motifs is 5. The van der Waals surface area contributed by atoms with Crippen LogP contribution in [0.4, 0.5) is 0 Å². The van der Waals surface area contributed by atoms with Gasteiger partial charge in [0.25, 0.3) is 0 Å². The summed E-state index contributed by atoms with van der Waals surface area (Å²) in [5.41, 5.74) is 1.66. The lowest BCUT2D eigenvalue weighted by Crippen LogP contribution is -2.65. The van der Waals surface area contributed by atoms with Gasteiger partial charge in [0.05, 0.1) is 18.3 Å². The zero-order chi connectivity index (χ0) is 25.2. The topological polar surface area (TPSA) is 98.0 Å². The molecule has 34 heavy (non-hydrogen) atoms. The molecule has 4 rings (SSSR count). The molecule has 0 amide bonds. The fraction of sp³-hybridized carbons (Fsp3) is 0.828. The van der Waals surface area contributed by atoms with Gasteiger partial charge in [-0.25, -0.2) is 4.79 Å². The molecule has 0 heterocycles. The first-order chi connectivity index (χ1) is 15.8. The monoisotopic (exact) mass is 474 g/mol. The fourth-order valence-corrected chi connectivity index (χ4v) is 9.51. The molecule has 0 spiro atoms. The SMILES string of the molecule is CC(C)=CCCC(C(=O)O)=C1[C@@H](O)C[C@@]2(C)[C@H]1CC(O)[C@H]1[C@@]3(C)CCC(O)[C@@H](C)[C@@H]3CC[C@@]12C. The Kier molecular flexibility index (Phi) is 6.66. The Morgan fingerprint density at radius 3 is 2.32 bits per heavy atom. The molecular weight excluding hydrogens is 428 g/mol. The molecule has 0 aromatic rings. The van der Waals surface area contributed by atoms with Gasteiger partial charge in [-0.1, -0.05) is 39.3 Å². The number of carboxylic acids is 1. The van der Waals surface area contributed by atoms with Crippen LogP contribution >= 0.6 is 0 Å². The summed E-state index contributed by atoms with van der Waals surface area (Å²) in [7, 11) is 0. The van der Waals surface area contributed by atoms with E-state index in [0.29, 0.717) is 42.7 Å². The van der Waals surface area contributed by atoms with Crippen molar-refractivity contribution in [3.8, 4) is 0 Å². The maximum atomic E-state index is 12.4. The van der Waals surface area contributed by atoms with Crippen LogP contribution in [0.3, 0.4) is 0 Å². The van der Waals surface area contributed by atoms with Crippen LogP contribution < -0.4 is 0 Å². The molecule has 5 nitrogen and oxygen atoms in total. The molecule has 2 unspecified atom stereocenters. The zero-order valence-electron chi connectivity index (χ0n) is 22.0. The summed E-state index contributed by atoms with van der Waals surface area (Å²) in [5, 5.41) is 43.8. The molecule has 0 saturated heterocycles. The number of aliphatic carboxylic acids is 1. The Hall–Kier alpha value is -1.17. The summed E-state index contributed by atoms with van der Waals surface area (Å²) in [4.78, 5) is 12.4. The lowest BCUT2D eigenvalue weighted by molar-refractivity contribution is -0.233. The van der Waals surface area contributed by atoms with Gasteiger partial charge in [-0.3, -0.25) is 0 Å². The molecule has 192 valence electrons. The van der Waals surface area contributed by atoms with E-state index in [4.69, 9.17) is 0 Å². The van der Waals surface area contributed by atoms with E-state index in [1.54, 1.807) is 0 Å². The smallest absolute Gasteiger partial charge is 0.331 e. The van der Waals surface area contributed by atoms with Gasteiger partial charge in [0.2, 0.25) is 0 Å². The Morgan fingerprint density at radius 2 is 1.71 bits per heavy atom. The van der Waals surface area contributed by atoms with Gasteiger partial charge in [-0.05, 0) is 111 Å². The van der Waals surface area contributed by atoms with Crippen molar-refractivity contribution in [3.05, 3.63) is 22.8 Å². The van der Waals surface area contributed by atoms with Crippen LogP contribution in [-0.4, -0.2) is 44.7 Å². The molecule has 10 atom stereocenters. The van der Waals surface area contributed by atoms with Crippen molar-refractivity contribution < 1.29 is 25.2 Å². The van der Waals surface area contributed by atoms with Crippen molar-refractivity contribution in [3.63, 3.8) is 0 Å². The van der Waals surface area contributed by atoms with E-state index < -0.39 is 18.2 Å². The number of aliphatic hydroxyl groups excluding tert-OH is 3. The standard InChI is InChI=1S/C29H46O5/c1-16(2)8-7-9-18(26(33)34)24-20-14-22(31)25-27(4)12-11-21(30)17(3)19(27)10-13-28(25,5)29(20,6)15-23(24)32/h8,17,19-23,25,30-32H,7,9-15H2,1-6H3,(H,33,34)/t17-,19-,20-,21?,22?,23-,25-,27-,28-,29-/m0/s1. The average molecular weight is 475 g/mol. The quantitative estimate of drug-likeness (QED) is 0.336. The predicted molar refractivity (Wildman–Crippen MR) is 133 cm³/mol. The van der Waals surface area contributed by atoms with E-state index in [1.807, 2.05) is 13.8 Å². The third-order valence-corrected chi connectivity index (χ3v) is 11.3. The second kappa shape index (κ2) is 8.74. The molecule has 4 aliphatic carbocycles. The maximum absolute atomic E-state index is 12.4. The van der Waals surface area contributed by atoms with Crippen LogP contribution in [-0.2, 0) is 4.79 Å². The van der Waals surface area contributed by atoms with Crippen molar-refractivity contribution in [2.45, 2.75) is 111 Å². The highest BCUT2D eigenvalue weighted by Crippen LogP contribution is 2.74. The van der Waals surface area contributed by atoms with Gasteiger partial charge in [-0.2, -0.15) is 0 Å². The normalized spacial score (nSPS) is 49.5. The maximum Gasteiger partial charge on any atom is 0.331 e. The number of carboxylic acid groups (broad SMARTS) is 1. The molecule has 0 bridgehead atoms. The molecule has 0 aromatic heterocycles. The summed E-state index contributed by atoms with van der Waals surface area (Å²) in [6, 6.07) is 0. The van der Waals surface area contributed by atoms with Crippen molar-refractivity contribution in [1.29, 1.82) is 0 Å².